The van der Waals surface area contributed by atoms with Crippen LogP contribution in [0, 0.1) is 6.92 Å². The predicted molar refractivity (Wildman–Crippen MR) is 60.4 cm³/mol. The zero-order valence-corrected chi connectivity index (χ0v) is 8.84. The normalized spacial score (nSPS) is 10.4. The van der Waals surface area contributed by atoms with Crippen molar-refractivity contribution in [2.75, 3.05) is 0 Å². The molecule has 0 aliphatic carbocycles. The van der Waals surface area contributed by atoms with Gasteiger partial charge in [0.15, 0.2) is 0 Å². The molecule has 0 saturated carbocycles. The van der Waals surface area contributed by atoms with Crippen LogP contribution in [0.15, 0.2) is 35.7 Å². The van der Waals surface area contributed by atoms with E-state index in [4.69, 9.17) is 5.11 Å². The van der Waals surface area contributed by atoms with Crippen LogP contribution in [0.5, 0.6) is 0 Å². The molecule has 2 rings (SSSR count). The summed E-state index contributed by atoms with van der Waals surface area (Å²) in [5.74, 6) is 0. The highest BCUT2D eigenvalue weighted by Crippen LogP contribution is 2.28. The molecular weight excluding hydrogens is 192 g/mol. The fourth-order valence-electron chi connectivity index (χ4n) is 1.45. The molecule has 2 aromatic rings. The van der Waals surface area contributed by atoms with Gasteiger partial charge in [-0.2, -0.15) is 0 Å². The number of hydrogen-bond acceptors (Lipinski definition) is 2. The second kappa shape index (κ2) is 3.95. The molecule has 0 aliphatic heterocycles. The molecule has 0 spiro atoms. The van der Waals surface area contributed by atoms with Gasteiger partial charge in [0.2, 0.25) is 0 Å². The number of benzene rings is 1. The first-order chi connectivity index (χ1) is 6.81. The summed E-state index contributed by atoms with van der Waals surface area (Å²) >= 11 is 1.60. The number of aliphatic hydroxyl groups is 1. The van der Waals surface area contributed by atoms with Crippen LogP contribution in [0.25, 0.3) is 11.1 Å². The molecule has 0 radical (unpaired) electrons. The van der Waals surface area contributed by atoms with E-state index in [1.54, 1.807) is 11.3 Å². The van der Waals surface area contributed by atoms with Gasteiger partial charge in [0.1, 0.15) is 0 Å². The van der Waals surface area contributed by atoms with E-state index in [1.165, 1.54) is 11.1 Å². The van der Waals surface area contributed by atoms with Crippen molar-refractivity contribution >= 4 is 11.3 Å². The van der Waals surface area contributed by atoms with Crippen molar-refractivity contribution in [2.24, 2.45) is 0 Å². The minimum absolute atomic E-state index is 0.126. The maximum absolute atomic E-state index is 9.13. The van der Waals surface area contributed by atoms with Crippen LogP contribution in [0.4, 0.5) is 0 Å². The minimum atomic E-state index is 0.126. The van der Waals surface area contributed by atoms with E-state index < -0.39 is 0 Å². The van der Waals surface area contributed by atoms with Crippen LogP contribution < -0.4 is 0 Å². The first-order valence-corrected chi connectivity index (χ1v) is 5.43. The average molecular weight is 204 g/mol. The second-order valence-corrected chi connectivity index (χ2v) is 4.28. The fourth-order valence-corrected chi connectivity index (χ4v) is 2.21. The lowest BCUT2D eigenvalue weighted by Gasteiger charge is -2.01. The van der Waals surface area contributed by atoms with Gasteiger partial charge in [-0.1, -0.05) is 29.8 Å². The molecule has 0 bridgehead atoms. The first-order valence-electron chi connectivity index (χ1n) is 4.55. The summed E-state index contributed by atoms with van der Waals surface area (Å²) in [6.07, 6.45) is 0. The molecule has 1 aromatic heterocycles. The summed E-state index contributed by atoms with van der Waals surface area (Å²) in [5, 5.41) is 11.1. The van der Waals surface area contributed by atoms with Crippen LogP contribution in [0.1, 0.15) is 10.4 Å². The Bertz CT molecular complexity index is 414. The summed E-state index contributed by atoms with van der Waals surface area (Å²) < 4.78 is 0. The SMILES string of the molecule is Cc1ccc(-c2ccsc2CO)cc1. The van der Waals surface area contributed by atoms with E-state index in [0.717, 1.165) is 10.4 Å². The third kappa shape index (κ3) is 1.72. The van der Waals surface area contributed by atoms with Gasteiger partial charge in [0.05, 0.1) is 6.61 Å². The Kier molecular flexibility index (Phi) is 2.66. The van der Waals surface area contributed by atoms with Crippen LogP contribution in [0.2, 0.25) is 0 Å². The van der Waals surface area contributed by atoms with Crippen LogP contribution >= 0.6 is 11.3 Å². The van der Waals surface area contributed by atoms with Crippen LogP contribution in [-0.2, 0) is 6.61 Å². The Morgan fingerprint density at radius 2 is 1.86 bits per heavy atom. The predicted octanol–water partition coefficient (Wildman–Crippen LogP) is 3.22. The zero-order valence-electron chi connectivity index (χ0n) is 8.03. The molecule has 1 N–H and O–H groups in total. The molecule has 0 unspecified atom stereocenters. The third-order valence-electron chi connectivity index (χ3n) is 2.25. The molecule has 0 atom stereocenters. The highest BCUT2D eigenvalue weighted by atomic mass is 32.1. The Morgan fingerprint density at radius 3 is 2.50 bits per heavy atom. The van der Waals surface area contributed by atoms with Crippen molar-refractivity contribution in [1.29, 1.82) is 0 Å². The Hall–Kier alpha value is -1.12. The number of hydrogen-bond donors (Lipinski definition) is 1. The van der Waals surface area contributed by atoms with Crippen molar-refractivity contribution in [3.8, 4) is 11.1 Å². The third-order valence-corrected chi connectivity index (χ3v) is 3.16. The molecule has 1 heterocycles. The lowest BCUT2D eigenvalue weighted by atomic mass is 10.1. The van der Waals surface area contributed by atoms with Gasteiger partial charge in [-0.05, 0) is 29.5 Å². The molecule has 1 aromatic carbocycles. The first kappa shape index (κ1) is 9.44. The number of aliphatic hydroxyl groups excluding tert-OH is 1. The minimum Gasteiger partial charge on any atom is -0.391 e. The molecule has 1 nitrogen and oxygen atoms in total. The lowest BCUT2D eigenvalue weighted by molar-refractivity contribution is 0.286. The Labute approximate surface area is 87.7 Å². The van der Waals surface area contributed by atoms with E-state index in [9.17, 15) is 0 Å². The standard InChI is InChI=1S/C12H12OS/c1-9-2-4-10(5-3-9)11-6-7-14-12(11)8-13/h2-7,13H,8H2,1H3. The highest BCUT2D eigenvalue weighted by molar-refractivity contribution is 7.10. The van der Waals surface area contributed by atoms with Crippen molar-refractivity contribution in [1.82, 2.24) is 0 Å². The second-order valence-electron chi connectivity index (χ2n) is 3.28. The molecule has 0 fully saturated rings. The monoisotopic (exact) mass is 204 g/mol. The van der Waals surface area contributed by atoms with Crippen LogP contribution in [-0.4, -0.2) is 5.11 Å². The van der Waals surface area contributed by atoms with Gasteiger partial charge >= 0.3 is 0 Å². The number of aryl methyl sites for hydroxylation is 1. The average Bonchev–Trinajstić information content (AvgIpc) is 2.67. The summed E-state index contributed by atoms with van der Waals surface area (Å²) in [5.41, 5.74) is 3.59. The summed E-state index contributed by atoms with van der Waals surface area (Å²) in [4.78, 5) is 1.04. The van der Waals surface area contributed by atoms with E-state index >= 15 is 0 Å². The number of thiophene rings is 1. The molecule has 2 heteroatoms. The maximum atomic E-state index is 9.13. The van der Waals surface area contributed by atoms with Crippen molar-refractivity contribution in [2.45, 2.75) is 13.5 Å². The molecule has 14 heavy (non-hydrogen) atoms. The van der Waals surface area contributed by atoms with Crippen molar-refractivity contribution < 1.29 is 5.11 Å². The highest BCUT2D eigenvalue weighted by Gasteiger charge is 2.04. The smallest absolute Gasteiger partial charge is 0.0780 e. The summed E-state index contributed by atoms with van der Waals surface area (Å²) in [7, 11) is 0. The maximum Gasteiger partial charge on any atom is 0.0780 e. The largest absolute Gasteiger partial charge is 0.391 e. The molecule has 0 saturated heterocycles. The van der Waals surface area contributed by atoms with Gasteiger partial charge in [0, 0.05) is 4.88 Å². The van der Waals surface area contributed by atoms with Gasteiger partial charge in [-0.25, -0.2) is 0 Å². The van der Waals surface area contributed by atoms with Gasteiger partial charge in [-0.15, -0.1) is 11.3 Å². The van der Waals surface area contributed by atoms with E-state index in [2.05, 4.69) is 37.3 Å². The Morgan fingerprint density at radius 1 is 1.14 bits per heavy atom. The topological polar surface area (TPSA) is 20.2 Å². The quantitative estimate of drug-likeness (QED) is 0.796. The lowest BCUT2D eigenvalue weighted by Crippen LogP contribution is -1.82. The van der Waals surface area contributed by atoms with Gasteiger partial charge < -0.3 is 5.11 Å². The van der Waals surface area contributed by atoms with E-state index in [-0.39, 0.29) is 6.61 Å². The molecule has 72 valence electrons. The summed E-state index contributed by atoms with van der Waals surface area (Å²) in [6, 6.07) is 10.4. The van der Waals surface area contributed by atoms with Crippen molar-refractivity contribution in [3.05, 3.63) is 46.2 Å². The molecule has 0 amide bonds. The number of rotatable bonds is 2. The van der Waals surface area contributed by atoms with Crippen molar-refractivity contribution in [3.63, 3.8) is 0 Å². The summed E-state index contributed by atoms with van der Waals surface area (Å²) in [6.45, 7) is 2.20. The Balaban J connectivity index is 2.44. The van der Waals surface area contributed by atoms with Gasteiger partial charge in [0.25, 0.3) is 0 Å². The molecule has 0 aliphatic rings. The van der Waals surface area contributed by atoms with Crippen LogP contribution in [0.3, 0.4) is 0 Å². The zero-order chi connectivity index (χ0) is 9.97. The fraction of sp³-hybridized carbons (Fsp3) is 0.167. The van der Waals surface area contributed by atoms with Gasteiger partial charge in [-0.3, -0.25) is 0 Å². The molecular formula is C12H12OS. The van der Waals surface area contributed by atoms with E-state index in [0.29, 0.717) is 0 Å². The van der Waals surface area contributed by atoms with E-state index in [1.807, 2.05) is 5.38 Å².